The molecule has 3 rings (SSSR count). The Morgan fingerprint density at radius 2 is 2.10 bits per heavy atom. The maximum absolute atomic E-state index is 12.9. The highest BCUT2D eigenvalue weighted by atomic mass is 19.1. The lowest BCUT2D eigenvalue weighted by Crippen LogP contribution is -2.37. The second-order valence-electron chi connectivity index (χ2n) is 6.62. The number of nitrogens with one attached hydrogen (secondary N) is 2. The molecule has 2 aromatic rings. The number of rotatable bonds is 9. The molecule has 156 valence electrons. The molecule has 29 heavy (non-hydrogen) atoms. The van der Waals surface area contributed by atoms with E-state index in [2.05, 4.69) is 20.6 Å². The van der Waals surface area contributed by atoms with Gasteiger partial charge in [0.2, 0.25) is 5.88 Å². The van der Waals surface area contributed by atoms with Crippen molar-refractivity contribution < 1.29 is 18.6 Å². The minimum Gasteiger partial charge on any atom is -0.439 e. The first-order valence-corrected chi connectivity index (χ1v) is 9.75. The van der Waals surface area contributed by atoms with Crippen molar-refractivity contribution in [2.45, 2.75) is 25.5 Å². The minimum absolute atomic E-state index is 0.245. The summed E-state index contributed by atoms with van der Waals surface area (Å²) in [5.41, 5.74) is 0.990. The maximum atomic E-state index is 12.9. The van der Waals surface area contributed by atoms with E-state index in [1.54, 1.807) is 31.4 Å². The maximum Gasteiger partial charge on any atom is 0.219 e. The average Bonchev–Trinajstić information content (AvgIpc) is 3.26. The number of nitrogens with zero attached hydrogens (tertiary/aromatic N) is 2. The van der Waals surface area contributed by atoms with Crippen molar-refractivity contribution in [1.29, 1.82) is 0 Å². The van der Waals surface area contributed by atoms with Crippen LogP contribution in [0.2, 0.25) is 0 Å². The number of halogens is 1. The fourth-order valence-electron chi connectivity index (χ4n) is 2.78. The SMILES string of the molecule is CN=C(NCCCOC1CCOC1)NCc1ccc(Oc2ccc(F)cc2)nc1. The van der Waals surface area contributed by atoms with Gasteiger partial charge in [0, 0.05) is 45.6 Å². The molecule has 1 aliphatic rings. The fraction of sp³-hybridized carbons (Fsp3) is 0.429. The second-order valence-corrected chi connectivity index (χ2v) is 6.62. The summed E-state index contributed by atoms with van der Waals surface area (Å²) in [6.07, 6.45) is 3.86. The summed E-state index contributed by atoms with van der Waals surface area (Å²) in [7, 11) is 1.74. The van der Waals surface area contributed by atoms with Crippen LogP contribution in [-0.2, 0) is 16.0 Å². The van der Waals surface area contributed by atoms with E-state index < -0.39 is 0 Å². The Kier molecular flexibility index (Phi) is 8.21. The molecule has 1 aliphatic heterocycles. The highest BCUT2D eigenvalue weighted by molar-refractivity contribution is 5.79. The van der Waals surface area contributed by atoms with E-state index in [1.165, 1.54) is 12.1 Å². The molecule has 0 amide bonds. The monoisotopic (exact) mass is 402 g/mol. The van der Waals surface area contributed by atoms with Crippen molar-refractivity contribution in [2.75, 3.05) is 33.4 Å². The van der Waals surface area contributed by atoms with Gasteiger partial charge >= 0.3 is 0 Å². The van der Waals surface area contributed by atoms with Gasteiger partial charge in [-0.3, -0.25) is 4.99 Å². The van der Waals surface area contributed by atoms with Crippen molar-refractivity contribution >= 4 is 5.96 Å². The van der Waals surface area contributed by atoms with Gasteiger partial charge in [-0.05, 0) is 42.7 Å². The standard InChI is InChI=1S/C21H27FN4O3/c1-23-21(24-10-2-11-28-19-9-12-27-15-19)26-14-16-3-8-20(25-13-16)29-18-6-4-17(22)5-7-18/h3-8,13,19H,2,9-12,14-15H2,1H3,(H2,23,24,26). The summed E-state index contributed by atoms with van der Waals surface area (Å²) >= 11 is 0. The summed E-state index contributed by atoms with van der Waals surface area (Å²) in [4.78, 5) is 8.50. The van der Waals surface area contributed by atoms with Gasteiger partial charge in [-0.25, -0.2) is 9.37 Å². The van der Waals surface area contributed by atoms with Crippen molar-refractivity contribution in [1.82, 2.24) is 15.6 Å². The summed E-state index contributed by atoms with van der Waals surface area (Å²) in [5.74, 6) is 1.42. The average molecular weight is 402 g/mol. The van der Waals surface area contributed by atoms with Gasteiger partial charge in [0.1, 0.15) is 11.6 Å². The topological polar surface area (TPSA) is 77.0 Å². The van der Waals surface area contributed by atoms with Crippen molar-refractivity contribution in [2.24, 2.45) is 4.99 Å². The minimum atomic E-state index is -0.301. The van der Waals surface area contributed by atoms with E-state index in [4.69, 9.17) is 14.2 Å². The second kappa shape index (κ2) is 11.3. The van der Waals surface area contributed by atoms with Crippen molar-refractivity contribution in [3.63, 3.8) is 0 Å². The van der Waals surface area contributed by atoms with Crippen LogP contribution in [0.1, 0.15) is 18.4 Å². The molecular formula is C21H27FN4O3. The van der Waals surface area contributed by atoms with E-state index in [-0.39, 0.29) is 11.9 Å². The largest absolute Gasteiger partial charge is 0.439 e. The first-order chi connectivity index (χ1) is 14.2. The Labute approximate surface area is 170 Å². The Morgan fingerprint density at radius 3 is 2.79 bits per heavy atom. The molecule has 7 nitrogen and oxygen atoms in total. The molecule has 1 aromatic heterocycles. The highest BCUT2D eigenvalue weighted by Gasteiger charge is 2.15. The van der Waals surface area contributed by atoms with Crippen LogP contribution in [0.4, 0.5) is 4.39 Å². The van der Waals surface area contributed by atoms with E-state index in [1.807, 2.05) is 6.07 Å². The van der Waals surface area contributed by atoms with Gasteiger partial charge in [-0.15, -0.1) is 0 Å². The molecule has 1 atom stereocenters. The predicted molar refractivity (Wildman–Crippen MR) is 109 cm³/mol. The molecule has 1 saturated heterocycles. The Bertz CT molecular complexity index is 763. The lowest BCUT2D eigenvalue weighted by molar-refractivity contribution is 0.0420. The zero-order valence-electron chi connectivity index (χ0n) is 16.6. The van der Waals surface area contributed by atoms with Crippen LogP contribution in [0, 0.1) is 5.82 Å². The number of aliphatic imine (C=N–C) groups is 1. The third-order valence-corrected chi connectivity index (χ3v) is 4.37. The number of benzene rings is 1. The van der Waals surface area contributed by atoms with Gasteiger partial charge in [-0.1, -0.05) is 6.07 Å². The van der Waals surface area contributed by atoms with Gasteiger partial charge in [0.05, 0.1) is 12.7 Å². The molecule has 0 radical (unpaired) electrons. The number of pyridine rings is 1. The molecule has 0 bridgehead atoms. The van der Waals surface area contributed by atoms with E-state index >= 15 is 0 Å². The van der Waals surface area contributed by atoms with Crippen LogP contribution in [0.3, 0.4) is 0 Å². The number of guanidine groups is 1. The number of hydrogen-bond acceptors (Lipinski definition) is 5. The lowest BCUT2D eigenvalue weighted by atomic mass is 10.3. The Balaban J connectivity index is 1.34. The molecule has 0 aliphatic carbocycles. The highest BCUT2D eigenvalue weighted by Crippen LogP contribution is 2.19. The number of hydrogen-bond donors (Lipinski definition) is 2. The van der Waals surface area contributed by atoms with E-state index in [0.29, 0.717) is 31.4 Å². The van der Waals surface area contributed by atoms with Crippen LogP contribution in [0.25, 0.3) is 0 Å². The molecule has 0 saturated carbocycles. The van der Waals surface area contributed by atoms with Crippen LogP contribution in [-0.4, -0.2) is 50.5 Å². The predicted octanol–water partition coefficient (Wildman–Crippen LogP) is 2.87. The number of aromatic nitrogens is 1. The van der Waals surface area contributed by atoms with Crippen molar-refractivity contribution in [3.8, 4) is 11.6 Å². The Morgan fingerprint density at radius 1 is 1.24 bits per heavy atom. The first kappa shape index (κ1) is 21.0. The van der Waals surface area contributed by atoms with Crippen LogP contribution >= 0.6 is 0 Å². The fourth-order valence-corrected chi connectivity index (χ4v) is 2.78. The van der Waals surface area contributed by atoms with Crippen molar-refractivity contribution in [3.05, 3.63) is 54.0 Å². The molecule has 1 unspecified atom stereocenters. The molecule has 2 N–H and O–H groups in total. The van der Waals surface area contributed by atoms with Crippen LogP contribution in [0.15, 0.2) is 47.6 Å². The molecule has 2 heterocycles. The first-order valence-electron chi connectivity index (χ1n) is 9.75. The van der Waals surface area contributed by atoms with Gasteiger partial charge < -0.3 is 24.8 Å². The molecule has 0 spiro atoms. The molecular weight excluding hydrogens is 375 g/mol. The van der Waals surface area contributed by atoms with E-state index in [9.17, 15) is 4.39 Å². The lowest BCUT2D eigenvalue weighted by Gasteiger charge is -2.13. The third kappa shape index (κ3) is 7.32. The van der Waals surface area contributed by atoms with Gasteiger partial charge in [-0.2, -0.15) is 0 Å². The molecule has 8 heteroatoms. The summed E-state index contributed by atoms with van der Waals surface area (Å²) in [5, 5.41) is 6.51. The van der Waals surface area contributed by atoms with Gasteiger partial charge in [0.25, 0.3) is 0 Å². The van der Waals surface area contributed by atoms with E-state index in [0.717, 1.165) is 37.5 Å². The third-order valence-electron chi connectivity index (χ3n) is 4.37. The smallest absolute Gasteiger partial charge is 0.219 e. The normalized spacial score (nSPS) is 16.6. The number of ether oxygens (including phenoxy) is 3. The summed E-state index contributed by atoms with van der Waals surface area (Å²) < 4.78 is 29.6. The zero-order chi connectivity index (χ0) is 20.3. The van der Waals surface area contributed by atoms with Crippen LogP contribution < -0.4 is 15.4 Å². The molecule has 1 aromatic carbocycles. The summed E-state index contributed by atoms with van der Waals surface area (Å²) in [6.45, 7) is 3.57. The zero-order valence-corrected chi connectivity index (χ0v) is 16.6. The Hall–Kier alpha value is -2.71. The molecule has 1 fully saturated rings. The quantitative estimate of drug-likeness (QED) is 0.382. The van der Waals surface area contributed by atoms with Crippen LogP contribution in [0.5, 0.6) is 11.6 Å². The summed E-state index contributed by atoms with van der Waals surface area (Å²) in [6, 6.07) is 9.52. The van der Waals surface area contributed by atoms with Gasteiger partial charge in [0.15, 0.2) is 5.96 Å².